The molecule has 0 aliphatic heterocycles. The zero-order valence-corrected chi connectivity index (χ0v) is 26.7. The lowest BCUT2D eigenvalue weighted by molar-refractivity contribution is 0.590. The maximum Gasteiger partial charge on any atom is 0.0114 e. The van der Waals surface area contributed by atoms with Crippen LogP contribution in [-0.2, 0) is 23.7 Å². The molecule has 0 nitrogen and oxygen atoms in total. The lowest BCUT2D eigenvalue weighted by Gasteiger charge is -2.22. The van der Waals surface area contributed by atoms with Gasteiger partial charge in [0.25, 0.3) is 0 Å². The molecule has 2 aliphatic carbocycles. The number of hydrogen-bond acceptors (Lipinski definition) is 0. The summed E-state index contributed by atoms with van der Waals surface area (Å²) < 4.78 is 0. The van der Waals surface area contributed by atoms with Gasteiger partial charge in [-0.05, 0) is 99.2 Å². The summed E-state index contributed by atoms with van der Waals surface area (Å²) in [7, 11) is -0.644. The first-order chi connectivity index (χ1) is 18.5. The van der Waals surface area contributed by atoms with Crippen molar-refractivity contribution in [2.75, 3.05) is 0 Å². The minimum absolute atomic E-state index is 0.182. The van der Waals surface area contributed by atoms with Gasteiger partial charge in [-0.15, -0.1) is 0 Å². The van der Waals surface area contributed by atoms with Crippen LogP contribution in [0.1, 0.15) is 113 Å². The molecule has 1 heteroatoms. The Kier molecular flexibility index (Phi) is 7.77. The molecule has 1 unspecified atom stereocenters. The quantitative estimate of drug-likeness (QED) is 0.277. The van der Waals surface area contributed by atoms with E-state index in [1.54, 1.807) is 22.3 Å². The van der Waals surface area contributed by atoms with Crippen LogP contribution in [0.4, 0.5) is 0 Å². The van der Waals surface area contributed by atoms with E-state index in [-0.39, 0.29) is 10.8 Å². The fourth-order valence-corrected chi connectivity index (χ4v) is 9.51. The van der Waals surface area contributed by atoms with Crippen LogP contribution in [0, 0.1) is 0 Å². The molecule has 0 heterocycles. The monoisotopic (exact) mass is 532 g/mol. The molecule has 0 fully saturated rings. The van der Waals surface area contributed by atoms with E-state index in [0.717, 1.165) is 0 Å². The van der Waals surface area contributed by atoms with Crippen LogP contribution in [-0.4, -0.2) is 14.1 Å². The highest BCUT2D eigenvalue weighted by Crippen LogP contribution is 2.47. The molecule has 0 radical (unpaired) electrons. The SMILES string of the molecule is CCC[Si](=Cc1cccc(C(C)(C)C)c1)CC1C(C)=Cc2c1cc1c(c2-c2ccc(C(C)(C)C)cc2)CCC1. The lowest BCUT2D eigenvalue weighted by Crippen LogP contribution is -2.14. The first kappa shape index (κ1) is 28.0. The van der Waals surface area contributed by atoms with Crippen LogP contribution < -0.4 is 0 Å². The van der Waals surface area contributed by atoms with E-state index in [1.165, 1.54) is 71.2 Å². The number of benzene rings is 3. The van der Waals surface area contributed by atoms with Crippen molar-refractivity contribution in [2.24, 2.45) is 0 Å². The van der Waals surface area contributed by atoms with Gasteiger partial charge in [0.05, 0.1) is 0 Å². The smallest absolute Gasteiger partial charge is 0.0114 e. The summed E-state index contributed by atoms with van der Waals surface area (Å²) in [4.78, 5) is 0. The molecule has 204 valence electrons. The molecule has 0 saturated heterocycles. The third kappa shape index (κ3) is 5.85. The van der Waals surface area contributed by atoms with Crippen molar-refractivity contribution in [3.63, 3.8) is 0 Å². The zero-order chi connectivity index (χ0) is 27.9. The Balaban J connectivity index is 1.54. The van der Waals surface area contributed by atoms with E-state index in [0.29, 0.717) is 5.92 Å². The highest BCUT2D eigenvalue weighted by molar-refractivity contribution is 6.68. The minimum Gasteiger partial charge on any atom is -0.0746 e. The Bertz CT molecular complexity index is 1420. The maximum atomic E-state index is 2.67. The highest BCUT2D eigenvalue weighted by atomic mass is 28.2. The molecule has 0 amide bonds. The van der Waals surface area contributed by atoms with Gasteiger partial charge in [0.15, 0.2) is 0 Å². The third-order valence-electron chi connectivity index (χ3n) is 8.97. The molecular formula is C38H48Si. The van der Waals surface area contributed by atoms with Gasteiger partial charge in [-0.3, -0.25) is 0 Å². The van der Waals surface area contributed by atoms with Crippen LogP contribution >= 0.6 is 0 Å². The average Bonchev–Trinajstić information content (AvgIpc) is 3.46. The summed E-state index contributed by atoms with van der Waals surface area (Å²) >= 11 is 0. The van der Waals surface area contributed by atoms with Crippen molar-refractivity contribution in [1.29, 1.82) is 0 Å². The fourth-order valence-electron chi connectivity index (χ4n) is 6.69. The molecular weight excluding hydrogens is 485 g/mol. The van der Waals surface area contributed by atoms with E-state index in [4.69, 9.17) is 0 Å². The van der Waals surface area contributed by atoms with Crippen molar-refractivity contribution < 1.29 is 0 Å². The molecule has 0 saturated carbocycles. The molecule has 0 bridgehead atoms. The topological polar surface area (TPSA) is 0 Å². The van der Waals surface area contributed by atoms with Gasteiger partial charge in [-0.1, -0.05) is 127 Å². The van der Waals surface area contributed by atoms with Gasteiger partial charge in [0.2, 0.25) is 0 Å². The summed E-state index contributed by atoms with van der Waals surface area (Å²) in [6.07, 6.45) is 7.57. The van der Waals surface area contributed by atoms with Crippen LogP contribution in [0.3, 0.4) is 0 Å². The van der Waals surface area contributed by atoms with Gasteiger partial charge in [0.1, 0.15) is 0 Å². The summed E-state index contributed by atoms with van der Waals surface area (Å²) in [5, 5.41) is 0. The van der Waals surface area contributed by atoms with Gasteiger partial charge in [-0.2, -0.15) is 0 Å². The van der Waals surface area contributed by atoms with Crippen molar-refractivity contribution in [1.82, 2.24) is 0 Å². The predicted octanol–water partition coefficient (Wildman–Crippen LogP) is 10.3. The second-order valence-corrected chi connectivity index (χ2v) is 16.7. The molecule has 0 N–H and O–H groups in total. The largest absolute Gasteiger partial charge is 0.0746 e. The Morgan fingerprint density at radius 3 is 2.26 bits per heavy atom. The van der Waals surface area contributed by atoms with Gasteiger partial charge in [-0.25, -0.2) is 0 Å². The van der Waals surface area contributed by atoms with Crippen molar-refractivity contribution in [2.45, 2.75) is 110 Å². The van der Waals surface area contributed by atoms with E-state index < -0.39 is 8.41 Å². The maximum absolute atomic E-state index is 2.67. The fraction of sp³-hybridized carbons (Fsp3) is 0.447. The molecule has 3 aromatic carbocycles. The van der Waals surface area contributed by atoms with E-state index in [1.807, 2.05) is 0 Å². The van der Waals surface area contributed by atoms with Crippen LogP contribution in [0.15, 0.2) is 60.2 Å². The number of hydrogen-bond donors (Lipinski definition) is 0. The second kappa shape index (κ2) is 10.8. The van der Waals surface area contributed by atoms with Gasteiger partial charge < -0.3 is 0 Å². The van der Waals surface area contributed by atoms with Crippen molar-refractivity contribution >= 4 is 20.2 Å². The van der Waals surface area contributed by atoms with Crippen molar-refractivity contribution in [3.8, 4) is 11.1 Å². The normalized spacial score (nSPS) is 17.3. The van der Waals surface area contributed by atoms with Crippen LogP contribution in [0.25, 0.3) is 17.2 Å². The second-order valence-electron chi connectivity index (χ2n) is 14.1. The number of fused-ring (bicyclic) bond motifs is 2. The Morgan fingerprint density at radius 2 is 1.59 bits per heavy atom. The standard InChI is InChI=1S/C38H48Si/c1-9-20-39(24-27-12-10-14-31(22-27)38(6,7)8)25-35-26(2)21-34-33(35)23-29-13-11-15-32(29)36(34)28-16-18-30(19-17-28)37(3,4)5/h10,12,14,16-19,21-24,35H,9,11,13,15,20,25H2,1-8H3. The van der Waals surface area contributed by atoms with Crippen molar-refractivity contribution in [3.05, 3.63) is 99.1 Å². The third-order valence-corrected chi connectivity index (χ3v) is 11.8. The Labute approximate surface area is 239 Å². The summed E-state index contributed by atoms with van der Waals surface area (Å²) in [6.45, 7) is 18.6. The molecule has 2 aliphatic rings. The van der Waals surface area contributed by atoms with E-state index in [9.17, 15) is 0 Å². The first-order valence-corrected chi connectivity index (χ1v) is 17.2. The summed E-state index contributed by atoms with van der Waals surface area (Å²) in [5.41, 5.74) is 18.2. The number of rotatable bonds is 6. The number of aryl methyl sites for hydroxylation is 1. The molecule has 0 spiro atoms. The highest BCUT2D eigenvalue weighted by Gasteiger charge is 2.30. The van der Waals surface area contributed by atoms with Crippen LogP contribution in [0.2, 0.25) is 12.1 Å². The molecule has 3 aromatic rings. The van der Waals surface area contributed by atoms with Gasteiger partial charge >= 0.3 is 0 Å². The van der Waals surface area contributed by atoms with Gasteiger partial charge in [0, 0.05) is 14.3 Å². The molecule has 0 aromatic heterocycles. The summed E-state index contributed by atoms with van der Waals surface area (Å²) in [6, 6.07) is 24.1. The molecule has 39 heavy (non-hydrogen) atoms. The summed E-state index contributed by atoms with van der Waals surface area (Å²) in [5.74, 6) is 0.556. The Hall–Kier alpha value is -2.51. The van der Waals surface area contributed by atoms with E-state index in [2.05, 4.69) is 122 Å². The molecule has 5 rings (SSSR count). The van der Waals surface area contributed by atoms with E-state index >= 15 is 0 Å². The lowest BCUT2D eigenvalue weighted by atomic mass is 9.84. The minimum atomic E-state index is -0.644. The van der Waals surface area contributed by atoms with Crippen LogP contribution in [0.5, 0.6) is 0 Å². The average molecular weight is 533 g/mol. The predicted molar refractivity (Wildman–Crippen MR) is 175 cm³/mol. The number of allylic oxidation sites excluding steroid dienone is 1. The molecule has 1 atom stereocenters. The Morgan fingerprint density at radius 1 is 0.872 bits per heavy atom. The zero-order valence-electron chi connectivity index (χ0n) is 25.7. The first-order valence-electron chi connectivity index (χ1n) is 15.2.